The lowest BCUT2D eigenvalue weighted by Gasteiger charge is -2.25. The molecule has 45 heavy (non-hydrogen) atoms. The third-order valence-corrected chi connectivity index (χ3v) is 8.47. The summed E-state index contributed by atoms with van der Waals surface area (Å²) in [5, 5.41) is 0.623. The molecular weight excluding hydrogens is 635 g/mol. The smallest absolute Gasteiger partial charge is 0.338 e. The number of hydrogen-bond donors (Lipinski definition) is 0. The molecule has 0 aliphatic carbocycles. The van der Waals surface area contributed by atoms with E-state index in [4.69, 9.17) is 42.1 Å². The average Bonchev–Trinajstić information content (AvgIpc) is 3.30. The first-order valence-corrected chi connectivity index (χ1v) is 15.9. The average molecular weight is 668 g/mol. The second-order valence-electron chi connectivity index (χ2n) is 10.5. The number of rotatable bonds is 10. The van der Waals surface area contributed by atoms with Gasteiger partial charge in [0, 0.05) is 0 Å². The summed E-state index contributed by atoms with van der Waals surface area (Å²) in [5.74, 6) is 0.825. The van der Waals surface area contributed by atoms with Crippen LogP contribution in [0.1, 0.15) is 50.4 Å². The van der Waals surface area contributed by atoms with Crippen molar-refractivity contribution in [3.05, 3.63) is 118 Å². The van der Waals surface area contributed by atoms with Crippen molar-refractivity contribution in [3.8, 4) is 17.2 Å². The molecule has 1 aromatic heterocycles. The van der Waals surface area contributed by atoms with E-state index in [1.165, 1.54) is 15.9 Å². The van der Waals surface area contributed by atoms with E-state index in [9.17, 15) is 9.59 Å². The van der Waals surface area contributed by atoms with Crippen LogP contribution >= 0.6 is 34.5 Å². The minimum atomic E-state index is -0.814. The molecule has 4 aromatic rings. The van der Waals surface area contributed by atoms with Crippen molar-refractivity contribution in [3.63, 3.8) is 0 Å². The first-order chi connectivity index (χ1) is 21.6. The molecule has 0 amide bonds. The molecule has 5 rings (SSSR count). The molecular formula is C34H32Cl2N2O6S. The van der Waals surface area contributed by atoms with Crippen LogP contribution in [-0.4, -0.2) is 30.4 Å². The number of fused-ring (bicyclic) bond motifs is 1. The summed E-state index contributed by atoms with van der Waals surface area (Å²) >= 11 is 14.4. The molecule has 1 aliphatic rings. The fourth-order valence-corrected chi connectivity index (χ4v) is 6.65. The zero-order valence-corrected chi connectivity index (χ0v) is 27.8. The maximum Gasteiger partial charge on any atom is 0.338 e. The Labute approximate surface area is 274 Å². The van der Waals surface area contributed by atoms with Crippen molar-refractivity contribution < 1.29 is 23.7 Å². The van der Waals surface area contributed by atoms with Gasteiger partial charge in [-0.15, -0.1) is 0 Å². The van der Waals surface area contributed by atoms with E-state index in [2.05, 4.69) is 4.99 Å². The van der Waals surface area contributed by atoms with Crippen molar-refractivity contribution in [1.29, 1.82) is 0 Å². The highest BCUT2D eigenvalue weighted by atomic mass is 35.5. The Hall–Kier alpha value is -4.05. The SMILES string of the molecule is CCOC(=O)C1=C(C)N=c2s/c(=C\c3cc(Cl)c(OCc4ccccc4)c(Cl)c3)c(=O)n2[C@H]1c1ccc(OC(C)C)c(OC)c1. The maximum absolute atomic E-state index is 14.1. The van der Waals surface area contributed by atoms with Gasteiger partial charge in [0.2, 0.25) is 0 Å². The van der Waals surface area contributed by atoms with Crippen LogP contribution in [0.2, 0.25) is 10.0 Å². The lowest BCUT2D eigenvalue weighted by Crippen LogP contribution is -2.40. The van der Waals surface area contributed by atoms with Gasteiger partial charge in [-0.1, -0.05) is 70.9 Å². The number of hydrogen-bond acceptors (Lipinski definition) is 8. The van der Waals surface area contributed by atoms with Crippen LogP contribution in [0.15, 0.2) is 81.7 Å². The Morgan fingerprint density at radius 3 is 2.42 bits per heavy atom. The maximum atomic E-state index is 14.1. The predicted octanol–water partition coefficient (Wildman–Crippen LogP) is 6.48. The van der Waals surface area contributed by atoms with Crippen molar-refractivity contribution in [1.82, 2.24) is 4.57 Å². The molecule has 8 nitrogen and oxygen atoms in total. The van der Waals surface area contributed by atoms with Crippen LogP contribution in [0.3, 0.4) is 0 Å². The Balaban J connectivity index is 1.59. The number of methoxy groups -OCH3 is 1. The lowest BCUT2D eigenvalue weighted by atomic mass is 9.95. The van der Waals surface area contributed by atoms with E-state index in [-0.39, 0.29) is 23.8 Å². The molecule has 234 valence electrons. The zero-order chi connectivity index (χ0) is 32.2. The van der Waals surface area contributed by atoms with Crippen molar-refractivity contribution in [2.24, 2.45) is 4.99 Å². The standard InChI is InChI=1S/C34H32Cl2N2O6S/c1-6-42-33(40)29-20(4)37-34-38(30(29)23-12-13-26(44-19(2)3)27(17-23)41-5)32(39)28(45-34)16-22-14-24(35)31(25(36)15-22)43-18-21-10-8-7-9-11-21/h7-17,19,30H,6,18H2,1-5H3/b28-16-/t30-/m0/s1. The number of benzene rings is 3. The molecule has 3 aromatic carbocycles. The Bertz CT molecular complexity index is 1930. The zero-order valence-electron chi connectivity index (χ0n) is 25.4. The molecule has 0 saturated carbocycles. The van der Waals surface area contributed by atoms with Crippen LogP contribution in [0.4, 0.5) is 0 Å². The quantitative estimate of drug-likeness (QED) is 0.180. The summed E-state index contributed by atoms with van der Waals surface area (Å²) in [6, 6.07) is 17.6. The number of ether oxygens (including phenoxy) is 4. The van der Waals surface area contributed by atoms with E-state index in [1.54, 1.807) is 51.3 Å². The van der Waals surface area contributed by atoms with Crippen LogP contribution in [-0.2, 0) is 16.1 Å². The van der Waals surface area contributed by atoms with Gasteiger partial charge in [0.25, 0.3) is 5.56 Å². The first-order valence-electron chi connectivity index (χ1n) is 14.3. The summed E-state index contributed by atoms with van der Waals surface area (Å²) < 4.78 is 24.7. The lowest BCUT2D eigenvalue weighted by molar-refractivity contribution is -0.139. The molecule has 0 saturated heterocycles. The molecule has 0 radical (unpaired) electrons. The highest BCUT2D eigenvalue weighted by Gasteiger charge is 2.34. The van der Waals surface area contributed by atoms with Crippen molar-refractivity contribution in [2.45, 2.75) is 46.4 Å². The van der Waals surface area contributed by atoms with Gasteiger partial charge in [-0.3, -0.25) is 9.36 Å². The van der Waals surface area contributed by atoms with Gasteiger partial charge in [0.15, 0.2) is 22.0 Å². The second kappa shape index (κ2) is 13.9. The van der Waals surface area contributed by atoms with Gasteiger partial charge in [-0.05, 0) is 74.7 Å². The minimum Gasteiger partial charge on any atom is -0.493 e. The van der Waals surface area contributed by atoms with Gasteiger partial charge >= 0.3 is 5.97 Å². The topological polar surface area (TPSA) is 88.4 Å². The van der Waals surface area contributed by atoms with Gasteiger partial charge in [-0.25, -0.2) is 9.79 Å². The van der Waals surface area contributed by atoms with Crippen LogP contribution in [0.25, 0.3) is 6.08 Å². The van der Waals surface area contributed by atoms with Crippen LogP contribution in [0.5, 0.6) is 17.2 Å². The third kappa shape index (κ3) is 6.96. The highest BCUT2D eigenvalue weighted by molar-refractivity contribution is 7.07. The number of thiazole rings is 1. The fraction of sp³-hybridized carbons (Fsp3) is 0.265. The number of allylic oxidation sites excluding steroid dienone is 1. The van der Waals surface area contributed by atoms with E-state index in [0.29, 0.717) is 60.1 Å². The largest absolute Gasteiger partial charge is 0.493 e. The van der Waals surface area contributed by atoms with Crippen LogP contribution in [0, 0.1) is 0 Å². The molecule has 0 N–H and O–H groups in total. The van der Waals surface area contributed by atoms with Gasteiger partial charge < -0.3 is 18.9 Å². The number of nitrogens with zero attached hydrogens (tertiary/aromatic N) is 2. The number of carbonyl (C=O) groups excluding carboxylic acids is 1. The number of halogens is 2. The first kappa shape index (κ1) is 32.3. The number of aromatic nitrogens is 1. The number of carbonyl (C=O) groups is 1. The van der Waals surface area contributed by atoms with Crippen molar-refractivity contribution in [2.75, 3.05) is 13.7 Å². The van der Waals surface area contributed by atoms with E-state index in [0.717, 1.165) is 5.56 Å². The van der Waals surface area contributed by atoms with Gasteiger partial charge in [-0.2, -0.15) is 0 Å². The minimum absolute atomic E-state index is 0.0776. The number of esters is 1. The molecule has 0 unspecified atom stereocenters. The Morgan fingerprint density at radius 2 is 1.78 bits per heavy atom. The van der Waals surface area contributed by atoms with Gasteiger partial charge in [0.1, 0.15) is 6.61 Å². The monoisotopic (exact) mass is 666 g/mol. The molecule has 2 heterocycles. The summed E-state index contributed by atoms with van der Waals surface area (Å²) in [6.07, 6.45) is 1.62. The molecule has 11 heteroatoms. The summed E-state index contributed by atoms with van der Waals surface area (Å²) in [6.45, 7) is 7.77. The third-order valence-electron chi connectivity index (χ3n) is 6.93. The summed E-state index contributed by atoms with van der Waals surface area (Å²) in [5.41, 5.74) is 2.61. The molecule has 0 bridgehead atoms. The molecule has 0 spiro atoms. The molecule has 1 atom stereocenters. The predicted molar refractivity (Wildman–Crippen MR) is 176 cm³/mol. The summed E-state index contributed by atoms with van der Waals surface area (Å²) in [4.78, 5) is 32.4. The molecule has 0 fully saturated rings. The van der Waals surface area contributed by atoms with Gasteiger partial charge in [0.05, 0.1) is 51.7 Å². The van der Waals surface area contributed by atoms with E-state index < -0.39 is 12.0 Å². The Kier molecular flexibility index (Phi) is 10.0. The second-order valence-corrected chi connectivity index (χ2v) is 12.3. The summed E-state index contributed by atoms with van der Waals surface area (Å²) in [7, 11) is 1.54. The Morgan fingerprint density at radius 1 is 1.07 bits per heavy atom. The van der Waals surface area contributed by atoms with E-state index in [1.807, 2.05) is 50.2 Å². The highest BCUT2D eigenvalue weighted by Crippen LogP contribution is 2.37. The normalized spacial score (nSPS) is 14.7. The van der Waals surface area contributed by atoms with Crippen molar-refractivity contribution >= 4 is 46.6 Å². The van der Waals surface area contributed by atoms with Crippen LogP contribution < -0.4 is 29.1 Å². The fourth-order valence-electron chi connectivity index (χ4n) is 4.99. The molecule has 1 aliphatic heterocycles. The van der Waals surface area contributed by atoms with E-state index >= 15 is 0 Å².